The number of nitrogens with one attached hydrogen (secondary N) is 1. The number of alkyl carbamates (subject to hydrolysis) is 1. The van der Waals surface area contributed by atoms with Crippen LogP contribution in [0.3, 0.4) is 0 Å². The first kappa shape index (κ1) is 18.4. The van der Waals surface area contributed by atoms with E-state index in [1.54, 1.807) is 26.8 Å². The van der Waals surface area contributed by atoms with E-state index < -0.39 is 24.2 Å². The second kappa shape index (κ2) is 8.59. The van der Waals surface area contributed by atoms with Gasteiger partial charge in [-0.3, -0.25) is 4.79 Å². The number of carbonyl (C=O) groups excluding carboxylic acids is 1. The minimum Gasteiger partial charge on any atom is -0.480 e. The molecule has 21 heavy (non-hydrogen) atoms. The molecule has 1 rings (SSSR count). The number of carboxylic acid groups (broad SMARTS) is 1. The summed E-state index contributed by atoms with van der Waals surface area (Å²) in [6.07, 6.45) is -0.718. The van der Waals surface area contributed by atoms with Gasteiger partial charge < -0.3 is 15.2 Å². The molecule has 0 saturated carbocycles. The summed E-state index contributed by atoms with van der Waals surface area (Å²) in [5, 5.41) is 18.7. The monoisotopic (exact) mass is 292 g/mol. The van der Waals surface area contributed by atoms with Crippen LogP contribution >= 0.6 is 0 Å². The van der Waals surface area contributed by atoms with Gasteiger partial charge in [-0.1, -0.05) is 12.1 Å². The molecule has 2 N–H and O–H groups in total. The summed E-state index contributed by atoms with van der Waals surface area (Å²) in [6.45, 7) is 6.66. The Morgan fingerprint density at radius 2 is 2.00 bits per heavy atom. The largest absolute Gasteiger partial charge is 0.480 e. The molecular weight excluding hydrogens is 272 g/mol. The topological polar surface area (TPSA) is 99.4 Å². The number of amides is 1. The summed E-state index contributed by atoms with van der Waals surface area (Å²) in [5.41, 5.74) is 1.27. The van der Waals surface area contributed by atoms with Crippen molar-refractivity contribution < 1.29 is 19.4 Å². The van der Waals surface area contributed by atoms with Crippen LogP contribution in [0.2, 0.25) is 0 Å². The molecule has 0 spiro atoms. The van der Waals surface area contributed by atoms with Crippen LogP contribution in [0.5, 0.6) is 0 Å². The van der Waals surface area contributed by atoms with Crippen LogP contribution in [0.15, 0.2) is 24.3 Å². The summed E-state index contributed by atoms with van der Waals surface area (Å²) in [6, 6.07) is 9.58. The third-order valence-electron chi connectivity index (χ3n) is 1.93. The molecule has 0 aromatic heterocycles. The lowest BCUT2D eigenvalue weighted by atomic mass is 10.2. The molecule has 6 heteroatoms. The number of hydrogen-bond donors (Lipinski definition) is 2. The molecule has 0 aliphatic rings. The molecule has 0 unspecified atom stereocenters. The van der Waals surface area contributed by atoms with Crippen molar-refractivity contribution in [1.82, 2.24) is 5.32 Å². The minimum atomic E-state index is -1.10. The number of nitriles is 1. The summed E-state index contributed by atoms with van der Waals surface area (Å²) in [4.78, 5) is 20.8. The van der Waals surface area contributed by atoms with Gasteiger partial charge >= 0.3 is 12.1 Å². The lowest BCUT2D eigenvalue weighted by molar-refractivity contribution is -0.136. The highest BCUT2D eigenvalue weighted by atomic mass is 16.6. The predicted octanol–water partition coefficient (Wildman–Crippen LogP) is 2.46. The molecule has 1 amide bonds. The fraction of sp³-hybridized carbons (Fsp3) is 0.400. The number of ether oxygens (including phenoxy) is 1. The number of nitrogens with zero attached hydrogens (tertiary/aromatic N) is 1. The first-order chi connectivity index (χ1) is 9.64. The van der Waals surface area contributed by atoms with Crippen LogP contribution < -0.4 is 5.32 Å². The molecule has 0 aliphatic heterocycles. The van der Waals surface area contributed by atoms with Crippen molar-refractivity contribution in [3.05, 3.63) is 35.4 Å². The highest BCUT2D eigenvalue weighted by molar-refractivity contribution is 5.76. The Kier molecular flexibility index (Phi) is 7.54. The lowest BCUT2D eigenvalue weighted by Gasteiger charge is -2.19. The smallest absolute Gasteiger partial charge is 0.408 e. The first-order valence-corrected chi connectivity index (χ1v) is 6.29. The van der Waals surface area contributed by atoms with E-state index in [0.29, 0.717) is 0 Å². The van der Waals surface area contributed by atoms with Crippen LogP contribution in [0.1, 0.15) is 31.9 Å². The molecule has 0 atom stereocenters. The zero-order chi connectivity index (χ0) is 16.5. The van der Waals surface area contributed by atoms with E-state index >= 15 is 0 Å². The number of aliphatic carboxylic acids is 1. The fourth-order valence-electron chi connectivity index (χ4n) is 1.18. The van der Waals surface area contributed by atoms with E-state index in [2.05, 4.69) is 11.4 Å². The molecule has 0 aliphatic carbocycles. The van der Waals surface area contributed by atoms with Crippen LogP contribution in [-0.2, 0) is 9.53 Å². The van der Waals surface area contributed by atoms with Gasteiger partial charge in [-0.25, -0.2) is 4.79 Å². The van der Waals surface area contributed by atoms with Gasteiger partial charge in [0.25, 0.3) is 0 Å². The summed E-state index contributed by atoms with van der Waals surface area (Å²) in [7, 11) is 0. The highest BCUT2D eigenvalue weighted by Crippen LogP contribution is 2.05. The molecule has 0 bridgehead atoms. The van der Waals surface area contributed by atoms with Crippen molar-refractivity contribution in [2.45, 2.75) is 33.3 Å². The Balaban J connectivity index is 0.000000394. The maximum Gasteiger partial charge on any atom is 0.408 e. The molecule has 0 fully saturated rings. The van der Waals surface area contributed by atoms with Gasteiger partial charge in [0.15, 0.2) is 0 Å². The Morgan fingerprint density at radius 1 is 1.38 bits per heavy atom. The molecular formula is C15H20N2O4. The van der Waals surface area contributed by atoms with Crippen molar-refractivity contribution in [2.75, 3.05) is 6.54 Å². The van der Waals surface area contributed by atoms with Crippen molar-refractivity contribution in [3.63, 3.8) is 0 Å². The van der Waals surface area contributed by atoms with E-state index in [-0.39, 0.29) is 0 Å². The van der Waals surface area contributed by atoms with Gasteiger partial charge in [-0.2, -0.15) is 5.26 Å². The average molecular weight is 292 g/mol. The second-order valence-electron chi connectivity index (χ2n) is 5.23. The van der Waals surface area contributed by atoms with Crippen LogP contribution in [0.25, 0.3) is 0 Å². The second-order valence-corrected chi connectivity index (χ2v) is 5.23. The number of hydrogen-bond acceptors (Lipinski definition) is 4. The van der Waals surface area contributed by atoms with Gasteiger partial charge in [0.05, 0.1) is 11.6 Å². The van der Waals surface area contributed by atoms with Crippen molar-refractivity contribution in [2.24, 2.45) is 0 Å². The normalized spacial score (nSPS) is 9.67. The van der Waals surface area contributed by atoms with Gasteiger partial charge in [0.2, 0.25) is 0 Å². The molecule has 0 saturated heterocycles. The Bertz CT molecular complexity index is 527. The highest BCUT2D eigenvalue weighted by Gasteiger charge is 2.16. The first-order valence-electron chi connectivity index (χ1n) is 6.29. The van der Waals surface area contributed by atoms with E-state index in [4.69, 9.17) is 15.1 Å². The van der Waals surface area contributed by atoms with Gasteiger partial charge in [0, 0.05) is 0 Å². The maximum absolute atomic E-state index is 10.8. The molecule has 1 aromatic rings. The van der Waals surface area contributed by atoms with E-state index in [0.717, 1.165) is 11.1 Å². The van der Waals surface area contributed by atoms with Gasteiger partial charge in [-0.05, 0) is 45.4 Å². The van der Waals surface area contributed by atoms with Crippen molar-refractivity contribution in [1.29, 1.82) is 5.26 Å². The quantitative estimate of drug-likeness (QED) is 0.872. The van der Waals surface area contributed by atoms with Gasteiger partial charge in [0.1, 0.15) is 12.1 Å². The maximum atomic E-state index is 10.8. The van der Waals surface area contributed by atoms with Crippen LogP contribution in [-0.4, -0.2) is 29.3 Å². The van der Waals surface area contributed by atoms with Crippen molar-refractivity contribution in [3.8, 4) is 6.07 Å². The SMILES string of the molecule is CC(C)(C)OC(=O)NCC(=O)O.Cc1cccc(C#N)c1. The molecule has 114 valence electrons. The lowest BCUT2D eigenvalue weighted by Crippen LogP contribution is -2.35. The summed E-state index contributed by atoms with van der Waals surface area (Å²) >= 11 is 0. The Labute approximate surface area is 124 Å². The van der Waals surface area contributed by atoms with E-state index in [1.165, 1.54) is 0 Å². The predicted molar refractivity (Wildman–Crippen MR) is 77.8 cm³/mol. The summed E-state index contributed by atoms with van der Waals surface area (Å²) in [5.74, 6) is -1.10. The number of benzene rings is 1. The van der Waals surface area contributed by atoms with Crippen LogP contribution in [0.4, 0.5) is 4.79 Å². The van der Waals surface area contributed by atoms with Gasteiger partial charge in [-0.15, -0.1) is 0 Å². The van der Waals surface area contributed by atoms with E-state index in [1.807, 2.05) is 25.1 Å². The minimum absolute atomic E-state index is 0.422. The average Bonchev–Trinajstić information content (AvgIpc) is 2.35. The molecule has 1 aromatic carbocycles. The Hall–Kier alpha value is -2.55. The number of aryl methyl sites for hydroxylation is 1. The number of rotatable bonds is 2. The molecule has 0 heterocycles. The summed E-state index contributed by atoms with van der Waals surface area (Å²) < 4.78 is 4.77. The molecule has 6 nitrogen and oxygen atoms in total. The third-order valence-corrected chi connectivity index (χ3v) is 1.93. The standard InChI is InChI=1S/C8H7N.C7H13NO4/c1-7-3-2-4-8(5-7)6-9;1-7(2,3)12-6(11)8-4-5(9)10/h2-5H,1H3;4H2,1-3H3,(H,8,11)(H,9,10). The number of carbonyl (C=O) groups is 2. The zero-order valence-electron chi connectivity index (χ0n) is 12.6. The number of carboxylic acids is 1. The fourth-order valence-corrected chi connectivity index (χ4v) is 1.18. The van der Waals surface area contributed by atoms with Crippen molar-refractivity contribution >= 4 is 12.1 Å². The third kappa shape index (κ3) is 11.0. The van der Waals surface area contributed by atoms with E-state index in [9.17, 15) is 9.59 Å². The Morgan fingerprint density at radius 3 is 2.38 bits per heavy atom. The molecule has 0 radical (unpaired) electrons. The van der Waals surface area contributed by atoms with Crippen LogP contribution in [0, 0.1) is 18.3 Å². The zero-order valence-corrected chi connectivity index (χ0v) is 12.6.